The van der Waals surface area contributed by atoms with Crippen LogP contribution >= 0.6 is 11.3 Å². The first-order valence-corrected chi connectivity index (χ1v) is 8.16. The Morgan fingerprint density at radius 1 is 1.38 bits per heavy atom. The number of fused-ring (bicyclic) bond motifs is 1. The Balaban J connectivity index is 1.96. The van der Waals surface area contributed by atoms with E-state index in [1.54, 1.807) is 42.7 Å². The topological polar surface area (TPSA) is 82.8 Å². The number of thiophene rings is 1. The lowest BCUT2D eigenvalue weighted by atomic mass is 9.95. The number of carbonyl (C=O) groups is 1. The second-order valence-electron chi connectivity index (χ2n) is 5.38. The third kappa shape index (κ3) is 2.70. The summed E-state index contributed by atoms with van der Waals surface area (Å²) in [4.78, 5) is 14.7. The summed E-state index contributed by atoms with van der Waals surface area (Å²) in [5, 5.41) is 21.1. The van der Waals surface area contributed by atoms with Crippen molar-refractivity contribution in [1.29, 1.82) is 5.26 Å². The van der Waals surface area contributed by atoms with E-state index in [0.29, 0.717) is 34.0 Å². The standard InChI is InChI=1S/C17H16N2O4S/c1-22-13-3-4-14(23-2)16-11(13)7-19(8-12(16)20)17(21)15-5-10(6-18)9-24-15/h3-5,9,12,20H,7-8H2,1-2H3/t12-/m0/s1. The van der Waals surface area contributed by atoms with Crippen molar-refractivity contribution in [2.24, 2.45) is 0 Å². The van der Waals surface area contributed by atoms with Crippen molar-refractivity contribution >= 4 is 17.2 Å². The first-order valence-electron chi connectivity index (χ1n) is 7.28. The maximum absolute atomic E-state index is 12.7. The minimum atomic E-state index is -0.863. The molecule has 124 valence electrons. The van der Waals surface area contributed by atoms with Gasteiger partial charge in [0.15, 0.2) is 0 Å². The van der Waals surface area contributed by atoms with Crippen LogP contribution in [0.1, 0.15) is 32.5 Å². The number of carbonyl (C=O) groups excluding carboxylic acids is 1. The van der Waals surface area contributed by atoms with E-state index >= 15 is 0 Å². The molecule has 0 spiro atoms. The fourth-order valence-corrected chi connectivity index (χ4v) is 3.69. The Kier molecular flexibility index (Phi) is 4.42. The monoisotopic (exact) mass is 344 g/mol. The molecule has 1 amide bonds. The Morgan fingerprint density at radius 2 is 2.08 bits per heavy atom. The van der Waals surface area contributed by atoms with Crippen molar-refractivity contribution in [2.75, 3.05) is 20.8 Å². The van der Waals surface area contributed by atoms with Crippen LogP contribution in [0.5, 0.6) is 11.5 Å². The maximum Gasteiger partial charge on any atom is 0.264 e. The van der Waals surface area contributed by atoms with Gasteiger partial charge >= 0.3 is 0 Å². The van der Waals surface area contributed by atoms with Crippen LogP contribution in [0.3, 0.4) is 0 Å². The molecule has 1 atom stereocenters. The Hall–Kier alpha value is -2.56. The van der Waals surface area contributed by atoms with Crippen LogP contribution < -0.4 is 9.47 Å². The van der Waals surface area contributed by atoms with E-state index in [-0.39, 0.29) is 12.5 Å². The number of rotatable bonds is 3. The highest BCUT2D eigenvalue weighted by Gasteiger charge is 2.32. The fraction of sp³-hybridized carbons (Fsp3) is 0.294. The largest absolute Gasteiger partial charge is 0.496 e. The fourth-order valence-electron chi connectivity index (χ4n) is 2.89. The normalized spacial score (nSPS) is 16.2. The van der Waals surface area contributed by atoms with Gasteiger partial charge in [0.25, 0.3) is 5.91 Å². The molecular weight excluding hydrogens is 328 g/mol. The zero-order chi connectivity index (χ0) is 17.3. The number of methoxy groups -OCH3 is 2. The highest BCUT2D eigenvalue weighted by atomic mass is 32.1. The number of ether oxygens (including phenoxy) is 2. The van der Waals surface area contributed by atoms with Gasteiger partial charge in [-0.2, -0.15) is 5.26 Å². The third-order valence-electron chi connectivity index (χ3n) is 4.02. The van der Waals surface area contributed by atoms with Crippen LogP contribution in [-0.4, -0.2) is 36.7 Å². The average molecular weight is 344 g/mol. The Bertz CT molecular complexity index is 824. The molecule has 0 unspecified atom stereocenters. The van der Waals surface area contributed by atoms with E-state index in [9.17, 15) is 9.90 Å². The van der Waals surface area contributed by atoms with Gasteiger partial charge in [0, 0.05) is 16.5 Å². The van der Waals surface area contributed by atoms with Gasteiger partial charge in [0.1, 0.15) is 23.7 Å². The summed E-state index contributed by atoms with van der Waals surface area (Å²) >= 11 is 1.22. The maximum atomic E-state index is 12.7. The van der Waals surface area contributed by atoms with Gasteiger partial charge in [-0.05, 0) is 18.2 Å². The second-order valence-corrected chi connectivity index (χ2v) is 6.29. The first-order chi connectivity index (χ1) is 11.6. The van der Waals surface area contributed by atoms with Crippen molar-refractivity contribution in [3.8, 4) is 17.6 Å². The van der Waals surface area contributed by atoms with Crippen molar-refractivity contribution in [1.82, 2.24) is 4.90 Å². The number of amides is 1. The molecule has 0 bridgehead atoms. The van der Waals surface area contributed by atoms with E-state index in [4.69, 9.17) is 14.7 Å². The number of aliphatic hydroxyl groups excluding tert-OH is 1. The lowest BCUT2D eigenvalue weighted by molar-refractivity contribution is 0.0543. The van der Waals surface area contributed by atoms with Crippen molar-refractivity contribution in [3.63, 3.8) is 0 Å². The number of β-amino-alcohol motifs (C(OH)–C–C–N with tert-alkyl or cyclic N) is 1. The SMILES string of the molecule is COc1ccc(OC)c2c1CN(C(=O)c1cc(C#N)cs1)C[C@@H]2O. The molecule has 3 rings (SSSR count). The molecule has 0 saturated heterocycles. The molecule has 0 saturated carbocycles. The van der Waals surface area contributed by atoms with Crippen molar-refractivity contribution < 1.29 is 19.4 Å². The van der Waals surface area contributed by atoms with Gasteiger partial charge in [0.2, 0.25) is 0 Å². The molecule has 0 aliphatic carbocycles. The molecule has 2 heterocycles. The molecule has 6 nitrogen and oxygen atoms in total. The van der Waals surface area contributed by atoms with E-state index in [1.165, 1.54) is 11.3 Å². The molecule has 1 aliphatic rings. The number of hydrogen-bond acceptors (Lipinski definition) is 6. The van der Waals surface area contributed by atoms with Gasteiger partial charge in [-0.3, -0.25) is 4.79 Å². The van der Waals surface area contributed by atoms with Crippen LogP contribution in [0.2, 0.25) is 0 Å². The Labute approximate surface area is 143 Å². The van der Waals surface area contributed by atoms with Gasteiger partial charge in [0.05, 0.1) is 37.7 Å². The number of aliphatic hydroxyl groups is 1. The van der Waals surface area contributed by atoms with Crippen LogP contribution in [0.25, 0.3) is 0 Å². The summed E-state index contributed by atoms with van der Waals surface area (Å²) in [6, 6.07) is 7.09. The van der Waals surface area contributed by atoms with Crippen LogP contribution in [-0.2, 0) is 6.54 Å². The molecule has 0 fully saturated rings. The van der Waals surface area contributed by atoms with E-state index < -0.39 is 6.10 Å². The highest BCUT2D eigenvalue weighted by molar-refractivity contribution is 7.12. The number of nitrogens with zero attached hydrogens (tertiary/aromatic N) is 2. The predicted molar refractivity (Wildman–Crippen MR) is 88.3 cm³/mol. The van der Waals surface area contributed by atoms with Gasteiger partial charge < -0.3 is 19.5 Å². The third-order valence-corrected chi connectivity index (χ3v) is 4.93. The zero-order valence-electron chi connectivity index (χ0n) is 13.3. The second kappa shape index (κ2) is 6.51. The summed E-state index contributed by atoms with van der Waals surface area (Å²) < 4.78 is 10.7. The van der Waals surface area contributed by atoms with E-state index in [2.05, 4.69) is 0 Å². The molecule has 7 heteroatoms. The molecule has 1 aliphatic heterocycles. The summed E-state index contributed by atoms with van der Waals surface area (Å²) in [5.41, 5.74) is 1.85. The lowest BCUT2D eigenvalue weighted by Gasteiger charge is -2.33. The average Bonchev–Trinajstić information content (AvgIpc) is 3.09. The summed E-state index contributed by atoms with van der Waals surface area (Å²) in [6.07, 6.45) is -0.863. The molecule has 1 N–H and O–H groups in total. The van der Waals surface area contributed by atoms with Gasteiger partial charge in [-0.15, -0.1) is 11.3 Å². The smallest absolute Gasteiger partial charge is 0.264 e. The summed E-state index contributed by atoms with van der Waals surface area (Å²) in [5.74, 6) is 0.968. The molecule has 1 aromatic carbocycles. The first kappa shape index (κ1) is 16.3. The summed E-state index contributed by atoms with van der Waals surface area (Å²) in [7, 11) is 3.09. The number of nitriles is 1. The molecule has 0 radical (unpaired) electrons. The van der Waals surface area contributed by atoms with Crippen molar-refractivity contribution in [2.45, 2.75) is 12.6 Å². The van der Waals surface area contributed by atoms with E-state index in [1.807, 2.05) is 6.07 Å². The van der Waals surface area contributed by atoms with Crippen LogP contribution in [0.15, 0.2) is 23.6 Å². The number of benzene rings is 1. The summed E-state index contributed by atoms with van der Waals surface area (Å²) in [6.45, 7) is 0.473. The molecule has 2 aromatic rings. The zero-order valence-corrected chi connectivity index (χ0v) is 14.1. The predicted octanol–water partition coefficient (Wildman–Crippen LogP) is 2.33. The highest BCUT2D eigenvalue weighted by Crippen LogP contribution is 2.39. The molecule has 1 aromatic heterocycles. The minimum Gasteiger partial charge on any atom is -0.496 e. The molecular formula is C17H16N2O4S. The quantitative estimate of drug-likeness (QED) is 0.924. The van der Waals surface area contributed by atoms with Crippen LogP contribution in [0.4, 0.5) is 0 Å². The van der Waals surface area contributed by atoms with Crippen LogP contribution in [0, 0.1) is 11.3 Å². The Morgan fingerprint density at radius 3 is 2.71 bits per heavy atom. The van der Waals surface area contributed by atoms with Gasteiger partial charge in [-0.25, -0.2) is 0 Å². The van der Waals surface area contributed by atoms with Gasteiger partial charge in [-0.1, -0.05) is 0 Å². The van der Waals surface area contributed by atoms with Crippen molar-refractivity contribution in [3.05, 3.63) is 45.1 Å². The lowest BCUT2D eigenvalue weighted by Crippen LogP contribution is -2.38. The van der Waals surface area contributed by atoms with E-state index in [0.717, 1.165) is 5.56 Å². The molecule has 24 heavy (non-hydrogen) atoms. The minimum absolute atomic E-state index is 0.162. The number of hydrogen-bond donors (Lipinski definition) is 1.